The lowest BCUT2D eigenvalue weighted by atomic mass is 10.0. The number of para-hydroxylation sites is 1. The molecule has 0 radical (unpaired) electrons. The maximum Gasteiger partial charge on any atom is 0.349 e. The van der Waals surface area contributed by atoms with Crippen LogP contribution in [0.25, 0.3) is 41.6 Å². The molecule has 7 rings (SSSR count). The van der Waals surface area contributed by atoms with E-state index in [1.54, 1.807) is 17.4 Å². The number of rotatable bonds is 24. The van der Waals surface area contributed by atoms with Gasteiger partial charge >= 0.3 is 5.97 Å². The molecule has 67 heavy (non-hydrogen) atoms. The number of thiazole rings is 1. The Balaban J connectivity index is 1.34. The second-order valence-corrected chi connectivity index (χ2v) is 21.6. The quantitative estimate of drug-likeness (QED) is 0.0475. The van der Waals surface area contributed by atoms with Gasteiger partial charge in [0.25, 0.3) is 12.0 Å². The number of carboxylic acid groups (broad SMARTS) is 1. The number of benzene rings is 2. The number of aryl methyl sites for hydroxylation is 5. The molecule has 0 unspecified atom stereocenters. The summed E-state index contributed by atoms with van der Waals surface area (Å²) in [7, 11) is 0. The fourth-order valence-corrected chi connectivity index (χ4v) is 14.1. The number of fused-ring (bicyclic) bond motifs is 2. The smallest absolute Gasteiger partial charge is 0.349 e. The SMILES string of the molecule is CCCCCCc1cc(-c2sc(-c3sc(-c4ccc5c(c4)CCc4ccccc4N5CC)cc3CCCCCC)cc2CCCCCC)sc1/C=c1/s/c(=C(\C#N)C(=O)O)n(COC=O)c1=O. The molecule has 352 valence electrons. The van der Waals surface area contributed by atoms with Crippen molar-refractivity contribution in [3.8, 4) is 36.0 Å². The number of nitrogens with zero attached hydrogens (tertiary/aromatic N) is 3. The van der Waals surface area contributed by atoms with Crippen molar-refractivity contribution in [2.75, 3.05) is 11.4 Å². The third-order valence-electron chi connectivity index (χ3n) is 12.7. The zero-order valence-electron chi connectivity index (χ0n) is 39.4. The second-order valence-electron chi connectivity index (χ2n) is 17.4. The first-order chi connectivity index (χ1) is 32.7. The first-order valence-corrected chi connectivity index (χ1v) is 27.5. The maximum absolute atomic E-state index is 13.9. The summed E-state index contributed by atoms with van der Waals surface area (Å²) >= 11 is 6.44. The van der Waals surface area contributed by atoms with E-state index in [0.29, 0.717) is 0 Å². The molecule has 0 amide bonds. The molecule has 0 atom stereocenters. The highest BCUT2D eigenvalue weighted by Crippen LogP contribution is 2.48. The van der Waals surface area contributed by atoms with Crippen molar-refractivity contribution < 1.29 is 19.4 Å². The molecule has 2 aromatic carbocycles. The molecule has 0 fully saturated rings. The molecule has 1 aliphatic rings. The number of thiophene rings is 3. The molecule has 12 heteroatoms. The van der Waals surface area contributed by atoms with E-state index in [4.69, 9.17) is 4.74 Å². The molecular formula is C55H63N3O5S4. The van der Waals surface area contributed by atoms with E-state index >= 15 is 0 Å². The van der Waals surface area contributed by atoms with Gasteiger partial charge in [0.15, 0.2) is 12.3 Å². The average Bonchev–Trinajstić information content (AvgIpc) is 4.10. The van der Waals surface area contributed by atoms with E-state index in [9.17, 15) is 24.8 Å². The molecule has 6 aromatic rings. The van der Waals surface area contributed by atoms with Crippen LogP contribution in [0.5, 0.6) is 0 Å². The Morgan fingerprint density at radius 3 is 1.93 bits per heavy atom. The molecule has 1 N–H and O–H groups in total. The Hall–Kier alpha value is -5.06. The van der Waals surface area contributed by atoms with E-state index < -0.39 is 23.8 Å². The normalized spacial score (nSPS) is 13.0. The van der Waals surface area contributed by atoms with Gasteiger partial charge in [0.1, 0.15) is 10.7 Å². The predicted molar refractivity (Wildman–Crippen MR) is 282 cm³/mol. The van der Waals surface area contributed by atoms with Crippen LogP contribution in [0.3, 0.4) is 0 Å². The van der Waals surface area contributed by atoms with Crippen LogP contribution in [0, 0.1) is 11.3 Å². The van der Waals surface area contributed by atoms with Crippen molar-refractivity contribution in [2.24, 2.45) is 0 Å². The molecule has 8 nitrogen and oxygen atoms in total. The summed E-state index contributed by atoms with van der Waals surface area (Å²) in [5.41, 5.74) is 9.58. The van der Waals surface area contributed by atoms with Crippen molar-refractivity contribution in [3.63, 3.8) is 0 Å². The van der Waals surface area contributed by atoms with Gasteiger partial charge in [-0.2, -0.15) is 5.26 Å². The van der Waals surface area contributed by atoms with Gasteiger partial charge in [0.05, 0.1) is 4.53 Å². The van der Waals surface area contributed by atoms with Crippen LogP contribution in [0.2, 0.25) is 0 Å². The Morgan fingerprint density at radius 1 is 0.716 bits per heavy atom. The number of aromatic nitrogens is 1. The number of ether oxygens (including phenoxy) is 1. The highest BCUT2D eigenvalue weighted by molar-refractivity contribution is 7.27. The lowest BCUT2D eigenvalue weighted by molar-refractivity contribution is -0.132. The first-order valence-electron chi connectivity index (χ1n) is 24.2. The molecule has 0 saturated carbocycles. The van der Waals surface area contributed by atoms with Gasteiger partial charge in [-0.05, 0) is 134 Å². The number of anilines is 2. The zero-order chi connectivity index (χ0) is 47.3. The Labute approximate surface area is 411 Å². The van der Waals surface area contributed by atoms with E-state index in [1.807, 2.05) is 28.7 Å². The fraction of sp³-hybridized carbons (Fsp3) is 0.418. The van der Waals surface area contributed by atoms with E-state index in [-0.39, 0.29) is 15.7 Å². The third-order valence-corrected chi connectivity index (χ3v) is 17.7. The lowest BCUT2D eigenvalue weighted by Gasteiger charge is -2.25. The van der Waals surface area contributed by atoms with E-state index in [0.717, 1.165) is 104 Å². The topological polar surface area (TPSA) is 113 Å². The van der Waals surface area contributed by atoms with Crippen LogP contribution in [-0.4, -0.2) is 28.7 Å². The van der Waals surface area contributed by atoms with Gasteiger partial charge in [0, 0.05) is 47.2 Å². The molecular weight excluding hydrogens is 911 g/mol. The number of nitriles is 1. The minimum atomic E-state index is -1.44. The fourth-order valence-electron chi connectivity index (χ4n) is 9.16. The second kappa shape index (κ2) is 24.3. The van der Waals surface area contributed by atoms with Crippen LogP contribution in [0.1, 0.15) is 137 Å². The lowest BCUT2D eigenvalue weighted by Crippen LogP contribution is -2.33. The van der Waals surface area contributed by atoms with Crippen molar-refractivity contribution in [3.05, 3.63) is 113 Å². The number of hydrogen-bond acceptors (Lipinski definition) is 10. The van der Waals surface area contributed by atoms with Gasteiger partial charge in [0.2, 0.25) is 0 Å². The van der Waals surface area contributed by atoms with Crippen molar-refractivity contribution in [1.82, 2.24) is 4.57 Å². The number of carboxylic acids is 1. The van der Waals surface area contributed by atoms with Crippen molar-refractivity contribution in [2.45, 2.75) is 144 Å². The van der Waals surface area contributed by atoms with Crippen LogP contribution < -0.4 is 19.7 Å². The zero-order valence-corrected chi connectivity index (χ0v) is 42.7. The van der Waals surface area contributed by atoms with E-state index in [1.165, 1.54) is 102 Å². The molecule has 1 aliphatic heterocycles. The summed E-state index contributed by atoms with van der Waals surface area (Å²) in [6, 6.07) is 25.0. The molecule has 0 bridgehead atoms. The Bertz CT molecular complexity index is 2890. The number of hydrogen-bond donors (Lipinski definition) is 1. The molecule has 0 aliphatic carbocycles. The average molecular weight is 974 g/mol. The predicted octanol–water partition coefficient (Wildman–Crippen LogP) is 13.4. The minimum absolute atomic E-state index is 0.0492. The minimum Gasteiger partial charge on any atom is -0.477 e. The summed E-state index contributed by atoms with van der Waals surface area (Å²) in [4.78, 5) is 46.9. The van der Waals surface area contributed by atoms with Crippen LogP contribution in [0.15, 0.2) is 65.5 Å². The maximum atomic E-state index is 13.9. The van der Waals surface area contributed by atoms with Crippen LogP contribution in [0.4, 0.5) is 11.4 Å². The Morgan fingerprint density at radius 2 is 1.30 bits per heavy atom. The Kier molecular flexibility index (Phi) is 18.1. The molecule has 0 spiro atoms. The van der Waals surface area contributed by atoms with E-state index in [2.05, 4.69) is 93.3 Å². The monoisotopic (exact) mass is 973 g/mol. The number of carbonyl (C=O) groups excluding carboxylic acids is 1. The summed E-state index contributed by atoms with van der Waals surface area (Å²) in [5.74, 6) is -1.44. The van der Waals surface area contributed by atoms with Gasteiger partial charge in [-0.3, -0.25) is 14.2 Å². The van der Waals surface area contributed by atoms with Crippen LogP contribution in [-0.2, 0) is 53.2 Å². The molecule has 4 aromatic heterocycles. The number of aliphatic carboxylic acids is 1. The largest absolute Gasteiger partial charge is 0.477 e. The number of unbranched alkanes of at least 4 members (excludes halogenated alkanes) is 9. The van der Waals surface area contributed by atoms with Gasteiger partial charge < -0.3 is 14.7 Å². The highest BCUT2D eigenvalue weighted by Gasteiger charge is 2.24. The summed E-state index contributed by atoms with van der Waals surface area (Å²) in [6.07, 6.45) is 20.6. The highest BCUT2D eigenvalue weighted by atomic mass is 32.1. The summed E-state index contributed by atoms with van der Waals surface area (Å²) in [6.45, 7) is 9.61. The first kappa shape index (κ1) is 49.8. The van der Waals surface area contributed by atoms with Crippen molar-refractivity contribution >= 4 is 80.8 Å². The van der Waals surface area contributed by atoms with Gasteiger partial charge in [-0.15, -0.1) is 45.3 Å². The number of carbonyl (C=O) groups is 2. The molecule has 0 saturated heterocycles. The van der Waals surface area contributed by atoms with Gasteiger partial charge in [-0.1, -0.05) is 103 Å². The van der Waals surface area contributed by atoms with Crippen molar-refractivity contribution in [1.29, 1.82) is 5.26 Å². The van der Waals surface area contributed by atoms with Crippen LogP contribution >= 0.6 is 45.3 Å². The standard InChI is InChI=1S/C55H63N3O5S4/c1-5-9-12-15-21-39-30-48(64-47(39)33-50-53(60)58(35-63-36-59)54(67-50)43(34-56)55(61)62)51-42(23-17-14-11-7-3)32-49(66-51)52-41(22-16-13-10-6-2)31-46(65-52)40-27-28-45-38(29-40)26-25-37-20-18-19-24-44(37)57(45)8-4/h18-20,24,27-33,36H,5-17,21-23,25-26,35H2,1-4H3,(H,61,62)/b50-33+,54-43+. The third kappa shape index (κ3) is 11.8. The molecule has 5 heterocycles. The van der Waals surface area contributed by atoms with Gasteiger partial charge in [-0.25, -0.2) is 4.79 Å². The summed E-state index contributed by atoms with van der Waals surface area (Å²) in [5, 5.41) is 19.6. The summed E-state index contributed by atoms with van der Waals surface area (Å²) < 4.78 is 6.22.